The van der Waals surface area contributed by atoms with Gasteiger partial charge in [-0.15, -0.1) is 24.0 Å². The van der Waals surface area contributed by atoms with Gasteiger partial charge in [-0.25, -0.2) is 0 Å². The zero-order valence-electron chi connectivity index (χ0n) is 14.9. The minimum absolute atomic E-state index is 0. The van der Waals surface area contributed by atoms with Crippen molar-refractivity contribution in [1.82, 2.24) is 5.32 Å². The van der Waals surface area contributed by atoms with Crippen LogP contribution in [0.5, 0.6) is 5.75 Å². The molecule has 0 aliphatic carbocycles. The summed E-state index contributed by atoms with van der Waals surface area (Å²) in [5.74, 6) is 1.44. The van der Waals surface area contributed by atoms with Crippen molar-refractivity contribution in [2.45, 2.75) is 38.5 Å². The molecule has 0 spiro atoms. The number of benzene rings is 1. The number of hydrogen-bond acceptors (Lipinski definition) is 3. The molecule has 2 rings (SSSR count). The normalized spacial score (nSPS) is 17.0. The largest absolute Gasteiger partial charge is 0.496 e. The van der Waals surface area contributed by atoms with Gasteiger partial charge in [0.15, 0.2) is 5.96 Å². The highest BCUT2D eigenvalue weighted by molar-refractivity contribution is 14.0. The fourth-order valence-corrected chi connectivity index (χ4v) is 3.06. The van der Waals surface area contributed by atoms with Crippen molar-refractivity contribution in [2.75, 3.05) is 33.4 Å². The third-order valence-electron chi connectivity index (χ3n) is 4.48. The summed E-state index contributed by atoms with van der Waals surface area (Å²) < 4.78 is 11.2. The average Bonchev–Trinajstić information content (AvgIpc) is 2.59. The standard InChI is InChI=1S/C18H29N3O2.HI/c1-4-9-20-17(19)21-13-18(7-10-23-11-8-18)15-12-14(2)5-6-16(15)22-3;/h5-6,12H,4,7-11,13H2,1-3H3,(H3,19,20,21);1H. The number of aliphatic imine (C=N–C) groups is 1. The van der Waals surface area contributed by atoms with E-state index in [1.165, 1.54) is 11.1 Å². The van der Waals surface area contributed by atoms with Crippen molar-refractivity contribution in [2.24, 2.45) is 10.7 Å². The lowest BCUT2D eigenvalue weighted by Gasteiger charge is -2.37. The number of rotatable bonds is 6. The van der Waals surface area contributed by atoms with Gasteiger partial charge in [0.2, 0.25) is 0 Å². The van der Waals surface area contributed by atoms with Crippen molar-refractivity contribution in [3.8, 4) is 5.75 Å². The van der Waals surface area contributed by atoms with Crippen LogP contribution in [0.1, 0.15) is 37.3 Å². The number of ether oxygens (including phenoxy) is 2. The minimum atomic E-state index is -0.0753. The second-order valence-electron chi connectivity index (χ2n) is 6.22. The summed E-state index contributed by atoms with van der Waals surface area (Å²) in [7, 11) is 1.72. The summed E-state index contributed by atoms with van der Waals surface area (Å²) in [6.07, 6.45) is 2.88. The van der Waals surface area contributed by atoms with Gasteiger partial charge in [0.05, 0.1) is 13.7 Å². The molecule has 24 heavy (non-hydrogen) atoms. The van der Waals surface area contributed by atoms with E-state index in [4.69, 9.17) is 15.2 Å². The number of hydrogen-bond donors (Lipinski definition) is 2. The Morgan fingerprint density at radius 3 is 2.71 bits per heavy atom. The molecule has 136 valence electrons. The first-order valence-electron chi connectivity index (χ1n) is 8.38. The van der Waals surface area contributed by atoms with Gasteiger partial charge >= 0.3 is 0 Å². The van der Waals surface area contributed by atoms with Crippen molar-refractivity contribution >= 4 is 29.9 Å². The molecule has 0 aromatic heterocycles. The van der Waals surface area contributed by atoms with Crippen LogP contribution in [0, 0.1) is 6.92 Å². The molecule has 1 heterocycles. The highest BCUT2D eigenvalue weighted by Crippen LogP contribution is 2.40. The molecule has 1 fully saturated rings. The number of nitrogens with one attached hydrogen (secondary N) is 1. The maximum atomic E-state index is 5.99. The van der Waals surface area contributed by atoms with Crippen molar-refractivity contribution < 1.29 is 9.47 Å². The van der Waals surface area contributed by atoms with Gasteiger partial charge in [0.1, 0.15) is 5.75 Å². The Hall–Kier alpha value is -1.02. The third kappa shape index (κ3) is 5.24. The molecule has 0 radical (unpaired) electrons. The Morgan fingerprint density at radius 1 is 1.38 bits per heavy atom. The first-order chi connectivity index (χ1) is 11.1. The van der Waals surface area contributed by atoms with E-state index in [1.807, 2.05) is 6.07 Å². The second-order valence-corrected chi connectivity index (χ2v) is 6.22. The fourth-order valence-electron chi connectivity index (χ4n) is 3.06. The Morgan fingerprint density at radius 2 is 2.08 bits per heavy atom. The molecule has 0 unspecified atom stereocenters. The van der Waals surface area contributed by atoms with Gasteiger partial charge < -0.3 is 20.5 Å². The summed E-state index contributed by atoms with van der Waals surface area (Å²) in [5, 5.41) is 3.15. The molecule has 1 aliphatic rings. The number of guanidine groups is 1. The van der Waals surface area contributed by atoms with Crippen molar-refractivity contribution in [3.63, 3.8) is 0 Å². The molecule has 1 aliphatic heterocycles. The molecule has 0 amide bonds. The van der Waals surface area contributed by atoms with Crippen molar-refractivity contribution in [1.29, 1.82) is 0 Å². The van der Waals surface area contributed by atoms with Crippen LogP contribution < -0.4 is 15.8 Å². The molecule has 1 saturated heterocycles. The number of methoxy groups -OCH3 is 1. The lowest BCUT2D eigenvalue weighted by molar-refractivity contribution is 0.0522. The molecule has 0 atom stereocenters. The van der Waals surface area contributed by atoms with Gasteiger partial charge in [-0.3, -0.25) is 4.99 Å². The molecular formula is C18H30IN3O2. The molecule has 1 aromatic rings. The SMILES string of the molecule is CCCNC(N)=NCC1(c2cc(C)ccc2OC)CCOCC1.I. The number of nitrogens with zero attached hydrogens (tertiary/aromatic N) is 1. The van der Waals surface area contributed by atoms with Crippen LogP contribution in [0.3, 0.4) is 0 Å². The monoisotopic (exact) mass is 447 g/mol. The Labute approximate surface area is 162 Å². The van der Waals surface area contributed by atoms with Gasteiger partial charge in [0.25, 0.3) is 0 Å². The van der Waals surface area contributed by atoms with Crippen molar-refractivity contribution in [3.05, 3.63) is 29.3 Å². The van der Waals surface area contributed by atoms with Crippen LogP contribution >= 0.6 is 24.0 Å². The Balaban J connectivity index is 0.00000288. The fraction of sp³-hybridized carbons (Fsp3) is 0.611. The van der Waals surface area contributed by atoms with Gasteiger partial charge in [-0.2, -0.15) is 0 Å². The summed E-state index contributed by atoms with van der Waals surface area (Å²) in [4.78, 5) is 4.61. The lowest BCUT2D eigenvalue weighted by atomic mass is 9.73. The van der Waals surface area contributed by atoms with Gasteiger partial charge in [-0.1, -0.05) is 24.6 Å². The van der Waals surface area contributed by atoms with Gasteiger partial charge in [0, 0.05) is 30.7 Å². The van der Waals surface area contributed by atoms with E-state index < -0.39 is 0 Å². The summed E-state index contributed by atoms with van der Waals surface area (Å²) in [6, 6.07) is 6.34. The molecule has 6 heteroatoms. The van der Waals surface area contributed by atoms with Crippen LogP contribution in [0.15, 0.2) is 23.2 Å². The van der Waals surface area contributed by atoms with Gasteiger partial charge in [-0.05, 0) is 32.3 Å². The van der Waals surface area contributed by atoms with E-state index in [9.17, 15) is 0 Å². The topological polar surface area (TPSA) is 68.9 Å². The smallest absolute Gasteiger partial charge is 0.188 e. The molecule has 0 saturated carbocycles. The maximum absolute atomic E-state index is 5.99. The highest BCUT2D eigenvalue weighted by atomic mass is 127. The van der Waals surface area contributed by atoms with E-state index in [2.05, 4.69) is 36.3 Å². The minimum Gasteiger partial charge on any atom is -0.496 e. The zero-order chi connectivity index (χ0) is 16.7. The summed E-state index contributed by atoms with van der Waals surface area (Å²) >= 11 is 0. The summed E-state index contributed by atoms with van der Waals surface area (Å²) in [6.45, 7) is 7.20. The quantitative estimate of drug-likeness (QED) is 0.400. The molecular weight excluding hydrogens is 417 g/mol. The average molecular weight is 447 g/mol. The number of aryl methyl sites for hydroxylation is 1. The predicted molar refractivity (Wildman–Crippen MR) is 110 cm³/mol. The van der Waals surface area contributed by atoms with Crippen LogP contribution in [-0.4, -0.2) is 39.4 Å². The molecule has 3 N–H and O–H groups in total. The second kappa shape index (κ2) is 10.1. The molecule has 0 bridgehead atoms. The maximum Gasteiger partial charge on any atom is 0.188 e. The lowest BCUT2D eigenvalue weighted by Crippen LogP contribution is -2.39. The van der Waals surface area contributed by atoms with E-state index in [0.29, 0.717) is 12.5 Å². The Kier molecular flexibility index (Phi) is 8.83. The van der Waals surface area contributed by atoms with Crippen LogP contribution in [0.2, 0.25) is 0 Å². The first-order valence-corrected chi connectivity index (χ1v) is 8.38. The van der Waals surface area contributed by atoms with Crippen LogP contribution in [0.4, 0.5) is 0 Å². The third-order valence-corrected chi connectivity index (χ3v) is 4.48. The predicted octanol–water partition coefficient (Wildman–Crippen LogP) is 2.98. The first kappa shape index (κ1) is 21.0. The number of halogens is 1. The van der Waals surface area contributed by atoms with E-state index in [0.717, 1.165) is 44.8 Å². The molecule has 5 nitrogen and oxygen atoms in total. The summed E-state index contributed by atoms with van der Waals surface area (Å²) in [5.41, 5.74) is 8.36. The Bertz CT molecular complexity index is 543. The van der Waals surface area contributed by atoms with Crippen LogP contribution in [-0.2, 0) is 10.2 Å². The number of nitrogens with two attached hydrogens (primary N) is 1. The zero-order valence-corrected chi connectivity index (χ0v) is 17.3. The van der Waals surface area contributed by atoms with E-state index in [-0.39, 0.29) is 29.4 Å². The highest BCUT2D eigenvalue weighted by Gasteiger charge is 2.37. The van der Waals surface area contributed by atoms with Crippen LogP contribution in [0.25, 0.3) is 0 Å². The van der Waals surface area contributed by atoms with E-state index in [1.54, 1.807) is 7.11 Å². The molecule has 1 aromatic carbocycles. The van der Waals surface area contributed by atoms with E-state index >= 15 is 0 Å².